The molecule has 6 heteroatoms. The van der Waals surface area contributed by atoms with E-state index in [0.29, 0.717) is 19.3 Å². The second-order valence-corrected chi connectivity index (χ2v) is 19.3. The van der Waals surface area contributed by atoms with E-state index in [0.717, 1.165) is 57.8 Å². The van der Waals surface area contributed by atoms with Crippen LogP contribution in [0.3, 0.4) is 0 Å². The van der Waals surface area contributed by atoms with E-state index in [1.54, 1.807) is 0 Å². The van der Waals surface area contributed by atoms with Crippen LogP contribution in [0.5, 0.6) is 0 Å². The van der Waals surface area contributed by atoms with Crippen LogP contribution in [0.15, 0.2) is 12.2 Å². The number of unbranched alkanes of at least 4 members (excludes halogenated alkanes) is 37. The number of nitrogens with one attached hydrogen (secondary N) is 1. The molecule has 0 rings (SSSR count). The predicted molar refractivity (Wildman–Crippen MR) is 269 cm³/mol. The molecule has 0 aromatic rings. The van der Waals surface area contributed by atoms with Crippen molar-refractivity contribution < 1.29 is 24.5 Å². The van der Waals surface area contributed by atoms with E-state index in [9.17, 15) is 19.8 Å². The molecule has 0 saturated heterocycles. The first-order valence-corrected chi connectivity index (χ1v) is 27.9. The van der Waals surface area contributed by atoms with Crippen LogP contribution in [0.1, 0.15) is 310 Å². The standard InChI is InChI=1S/C56H109NO5/c1-4-7-10-13-16-19-22-24-26-27-28-29-30-32-34-37-40-43-46-49-56(61)62-52(47-44-41-38-35-33-31-25-23-20-17-14-11-8-5-2)50-55(60)57-53(51-58)54(59)48-45-42-39-36-21-18-15-12-9-6-3/h31,33,52-54,58-59H,4-30,32,34-51H2,1-3H3,(H,57,60)/b33-31+. The Balaban J connectivity index is 4.48. The van der Waals surface area contributed by atoms with Gasteiger partial charge in [-0.05, 0) is 51.4 Å². The molecule has 0 fully saturated rings. The van der Waals surface area contributed by atoms with Crippen LogP contribution in [0.25, 0.3) is 0 Å². The Labute approximate surface area is 387 Å². The third-order valence-electron chi connectivity index (χ3n) is 13.1. The number of esters is 1. The summed E-state index contributed by atoms with van der Waals surface area (Å²) in [5.41, 5.74) is 0. The van der Waals surface area contributed by atoms with Gasteiger partial charge in [-0.25, -0.2) is 0 Å². The van der Waals surface area contributed by atoms with Gasteiger partial charge in [0.2, 0.25) is 5.91 Å². The number of carbonyl (C=O) groups excluding carboxylic acids is 2. The lowest BCUT2D eigenvalue weighted by atomic mass is 10.0. The van der Waals surface area contributed by atoms with E-state index in [1.165, 1.54) is 205 Å². The van der Waals surface area contributed by atoms with Gasteiger partial charge in [-0.3, -0.25) is 9.59 Å². The molecule has 0 aromatic carbocycles. The minimum atomic E-state index is -0.785. The highest BCUT2D eigenvalue weighted by atomic mass is 16.5. The number of hydrogen-bond acceptors (Lipinski definition) is 5. The summed E-state index contributed by atoms with van der Waals surface area (Å²) in [5.74, 6) is -0.469. The van der Waals surface area contributed by atoms with E-state index in [-0.39, 0.29) is 24.9 Å². The van der Waals surface area contributed by atoms with Crippen molar-refractivity contribution in [2.24, 2.45) is 0 Å². The van der Waals surface area contributed by atoms with Crippen LogP contribution in [-0.2, 0) is 14.3 Å². The highest BCUT2D eigenvalue weighted by molar-refractivity contribution is 5.77. The Hall–Kier alpha value is -1.40. The van der Waals surface area contributed by atoms with Gasteiger partial charge in [-0.1, -0.05) is 258 Å². The van der Waals surface area contributed by atoms with Gasteiger partial charge in [0, 0.05) is 6.42 Å². The van der Waals surface area contributed by atoms with E-state index < -0.39 is 18.2 Å². The molecule has 0 aliphatic heterocycles. The maximum Gasteiger partial charge on any atom is 0.306 e. The van der Waals surface area contributed by atoms with Gasteiger partial charge in [0.25, 0.3) is 0 Å². The second kappa shape index (κ2) is 50.6. The van der Waals surface area contributed by atoms with Crippen LogP contribution in [-0.4, -0.2) is 46.9 Å². The first-order chi connectivity index (χ1) is 30.5. The number of allylic oxidation sites excluding steroid dienone is 2. The van der Waals surface area contributed by atoms with Crippen molar-refractivity contribution in [1.29, 1.82) is 0 Å². The number of ether oxygens (including phenoxy) is 1. The molecule has 3 unspecified atom stereocenters. The lowest BCUT2D eigenvalue weighted by Gasteiger charge is -2.24. The van der Waals surface area contributed by atoms with Gasteiger partial charge in [-0.15, -0.1) is 0 Å². The van der Waals surface area contributed by atoms with Crippen molar-refractivity contribution in [3.8, 4) is 0 Å². The molecule has 3 atom stereocenters. The molecule has 6 nitrogen and oxygen atoms in total. The second-order valence-electron chi connectivity index (χ2n) is 19.3. The van der Waals surface area contributed by atoms with Crippen molar-refractivity contribution in [2.45, 2.75) is 328 Å². The first-order valence-electron chi connectivity index (χ1n) is 27.9. The van der Waals surface area contributed by atoms with Crippen LogP contribution < -0.4 is 5.32 Å². The van der Waals surface area contributed by atoms with E-state index in [4.69, 9.17) is 4.74 Å². The molecule has 3 N–H and O–H groups in total. The van der Waals surface area contributed by atoms with Crippen molar-refractivity contribution in [3.05, 3.63) is 12.2 Å². The summed E-state index contributed by atoms with van der Waals surface area (Å²) in [4.78, 5) is 26.2. The first kappa shape index (κ1) is 60.6. The Morgan fingerprint density at radius 2 is 0.774 bits per heavy atom. The third-order valence-corrected chi connectivity index (χ3v) is 13.1. The Kier molecular flexibility index (Phi) is 49.5. The largest absolute Gasteiger partial charge is 0.462 e. The van der Waals surface area contributed by atoms with E-state index >= 15 is 0 Å². The molecule has 0 aliphatic carbocycles. The highest BCUT2D eigenvalue weighted by Crippen LogP contribution is 2.18. The van der Waals surface area contributed by atoms with Gasteiger partial charge in [0.05, 0.1) is 25.2 Å². The highest BCUT2D eigenvalue weighted by Gasteiger charge is 2.24. The fourth-order valence-corrected chi connectivity index (χ4v) is 8.84. The quantitative estimate of drug-likeness (QED) is 0.0321. The molecular weight excluding hydrogens is 767 g/mol. The summed E-state index contributed by atoms with van der Waals surface area (Å²) in [5, 5.41) is 23.7. The van der Waals surface area contributed by atoms with Crippen molar-refractivity contribution in [1.82, 2.24) is 5.32 Å². The zero-order valence-corrected chi connectivity index (χ0v) is 42.0. The molecule has 0 aliphatic rings. The van der Waals surface area contributed by atoms with Gasteiger partial charge in [0.1, 0.15) is 6.10 Å². The number of hydrogen-bond donors (Lipinski definition) is 3. The van der Waals surface area contributed by atoms with Gasteiger partial charge >= 0.3 is 5.97 Å². The Bertz CT molecular complexity index is 939. The number of amides is 1. The van der Waals surface area contributed by atoms with Gasteiger partial charge in [0.15, 0.2) is 0 Å². The van der Waals surface area contributed by atoms with Gasteiger partial charge in [-0.2, -0.15) is 0 Å². The minimum Gasteiger partial charge on any atom is -0.462 e. The molecule has 62 heavy (non-hydrogen) atoms. The summed E-state index contributed by atoms with van der Waals surface area (Å²) >= 11 is 0. The number of aliphatic hydroxyl groups excluding tert-OH is 2. The van der Waals surface area contributed by atoms with Crippen molar-refractivity contribution >= 4 is 11.9 Å². The SMILES string of the molecule is CCCCCCCCC/C=C/CCCCCC(CC(=O)NC(CO)C(O)CCCCCCCCCCCC)OC(=O)CCCCCCCCCCCCCCCCCCCCC. The Morgan fingerprint density at radius 3 is 1.16 bits per heavy atom. The molecule has 0 bridgehead atoms. The molecule has 0 aromatic heterocycles. The normalized spacial score (nSPS) is 13.2. The number of aliphatic hydroxyl groups is 2. The lowest BCUT2D eigenvalue weighted by Crippen LogP contribution is -2.46. The zero-order valence-electron chi connectivity index (χ0n) is 42.0. The van der Waals surface area contributed by atoms with E-state index in [1.807, 2.05) is 0 Å². The summed E-state index contributed by atoms with van der Waals surface area (Å²) in [7, 11) is 0. The third kappa shape index (κ3) is 45.2. The molecule has 0 heterocycles. The van der Waals surface area contributed by atoms with E-state index in [2.05, 4.69) is 38.2 Å². The average Bonchev–Trinajstić information content (AvgIpc) is 3.26. The summed E-state index contributed by atoms with van der Waals surface area (Å²) in [6, 6.07) is -0.699. The lowest BCUT2D eigenvalue weighted by molar-refractivity contribution is -0.151. The van der Waals surface area contributed by atoms with Crippen molar-refractivity contribution in [3.63, 3.8) is 0 Å². The molecule has 0 spiro atoms. The van der Waals surface area contributed by atoms with Crippen LogP contribution in [0.2, 0.25) is 0 Å². The average molecular weight is 876 g/mol. The maximum atomic E-state index is 13.2. The predicted octanol–water partition coefficient (Wildman–Crippen LogP) is 16.9. The van der Waals surface area contributed by atoms with Crippen molar-refractivity contribution in [2.75, 3.05) is 6.61 Å². The van der Waals surface area contributed by atoms with Gasteiger partial charge < -0.3 is 20.3 Å². The topological polar surface area (TPSA) is 95.9 Å². The summed E-state index contributed by atoms with van der Waals surface area (Å²) < 4.78 is 5.95. The fraction of sp³-hybridized carbons (Fsp3) is 0.929. The number of carbonyl (C=O) groups is 2. The maximum absolute atomic E-state index is 13.2. The molecular formula is C56H109NO5. The van der Waals surface area contributed by atoms with Crippen LogP contribution in [0.4, 0.5) is 0 Å². The zero-order chi connectivity index (χ0) is 45.2. The Morgan fingerprint density at radius 1 is 0.452 bits per heavy atom. The monoisotopic (exact) mass is 876 g/mol. The summed E-state index contributed by atoms with van der Waals surface area (Å²) in [6.45, 7) is 6.50. The van der Waals surface area contributed by atoms with Crippen LogP contribution >= 0.6 is 0 Å². The van der Waals surface area contributed by atoms with Crippen LogP contribution in [0, 0.1) is 0 Å². The molecule has 0 radical (unpaired) electrons. The molecule has 1 amide bonds. The minimum absolute atomic E-state index is 0.0742. The molecule has 0 saturated carbocycles. The smallest absolute Gasteiger partial charge is 0.306 e. The summed E-state index contributed by atoms with van der Waals surface area (Å²) in [6.07, 6.45) is 57.1. The molecule has 368 valence electrons. The number of rotatable bonds is 51. The fourth-order valence-electron chi connectivity index (χ4n) is 8.84.